The molecule has 0 radical (unpaired) electrons. The van der Waals surface area contributed by atoms with E-state index in [0.29, 0.717) is 17.4 Å². The number of sulfonamides is 2. The van der Waals surface area contributed by atoms with E-state index in [1.165, 1.54) is 32.3 Å². The molecule has 1 N–H and O–H groups in total. The van der Waals surface area contributed by atoms with Crippen molar-refractivity contribution in [3.8, 4) is 11.3 Å². The van der Waals surface area contributed by atoms with Crippen LogP contribution in [0.5, 0.6) is 0 Å². The van der Waals surface area contributed by atoms with E-state index in [4.69, 9.17) is 4.42 Å². The summed E-state index contributed by atoms with van der Waals surface area (Å²) in [5.74, 6) is 1.78. The van der Waals surface area contributed by atoms with Crippen LogP contribution in [-0.2, 0) is 20.0 Å². The molecule has 4 rings (SSSR count). The molecule has 0 bridgehead atoms. The number of nitrogens with one attached hydrogen (secondary N) is 1. The van der Waals surface area contributed by atoms with Gasteiger partial charge in [0.05, 0.1) is 16.0 Å². The molecule has 0 amide bonds. The van der Waals surface area contributed by atoms with Crippen LogP contribution in [-0.4, -0.2) is 40.2 Å². The van der Waals surface area contributed by atoms with Crippen molar-refractivity contribution in [3.63, 3.8) is 0 Å². The Morgan fingerprint density at radius 3 is 2.30 bits per heavy atom. The Bertz CT molecular complexity index is 1280. The molecule has 0 unspecified atom stereocenters. The van der Waals surface area contributed by atoms with Crippen LogP contribution in [0.1, 0.15) is 24.7 Å². The molecule has 0 saturated heterocycles. The maximum absolute atomic E-state index is 12.7. The summed E-state index contributed by atoms with van der Waals surface area (Å²) in [6, 6.07) is 12.0. The fraction of sp³-hybridized carbons (Fsp3) is 0.250. The Labute approximate surface area is 175 Å². The standard InChI is InChI=1S/C20H21N3O5S2/c1-23(2)30(26,27)18-5-3-4-17(12-18)29(24,25)22-16-10-8-14(9-11-16)19-13-21-20(28-19)15-6-7-15/h3-5,8-13,15,22H,6-7H2,1-2H3. The zero-order chi connectivity index (χ0) is 21.5. The normalized spacial score (nSPS) is 14.8. The first-order valence-electron chi connectivity index (χ1n) is 9.28. The summed E-state index contributed by atoms with van der Waals surface area (Å²) in [6.45, 7) is 0. The molecule has 1 fully saturated rings. The lowest BCUT2D eigenvalue weighted by atomic mass is 10.2. The van der Waals surface area contributed by atoms with Gasteiger partial charge < -0.3 is 4.42 Å². The minimum Gasteiger partial charge on any atom is -0.440 e. The van der Waals surface area contributed by atoms with Crippen molar-refractivity contribution < 1.29 is 21.3 Å². The lowest BCUT2D eigenvalue weighted by molar-refractivity contribution is 0.509. The molecule has 8 nitrogen and oxygen atoms in total. The van der Waals surface area contributed by atoms with E-state index in [-0.39, 0.29) is 9.79 Å². The van der Waals surface area contributed by atoms with Gasteiger partial charge in [-0.2, -0.15) is 0 Å². The van der Waals surface area contributed by atoms with Crippen LogP contribution < -0.4 is 4.72 Å². The first-order valence-corrected chi connectivity index (χ1v) is 12.2. The summed E-state index contributed by atoms with van der Waals surface area (Å²) in [7, 11) is -4.94. The van der Waals surface area contributed by atoms with Crippen molar-refractivity contribution in [1.29, 1.82) is 0 Å². The van der Waals surface area contributed by atoms with Gasteiger partial charge in [0, 0.05) is 31.3 Å². The van der Waals surface area contributed by atoms with Crippen LogP contribution in [0.25, 0.3) is 11.3 Å². The van der Waals surface area contributed by atoms with Crippen LogP contribution in [0.15, 0.2) is 68.9 Å². The second-order valence-electron chi connectivity index (χ2n) is 7.28. The second-order valence-corrected chi connectivity index (χ2v) is 11.1. The van der Waals surface area contributed by atoms with E-state index in [1.54, 1.807) is 30.5 Å². The number of hydrogen-bond donors (Lipinski definition) is 1. The summed E-state index contributed by atoms with van der Waals surface area (Å²) in [5, 5.41) is 0. The molecule has 1 aliphatic carbocycles. The average Bonchev–Trinajstić information content (AvgIpc) is 3.45. The lowest BCUT2D eigenvalue weighted by Gasteiger charge is -2.13. The lowest BCUT2D eigenvalue weighted by Crippen LogP contribution is -2.22. The van der Waals surface area contributed by atoms with Gasteiger partial charge in [0.25, 0.3) is 10.0 Å². The van der Waals surface area contributed by atoms with Gasteiger partial charge in [0.15, 0.2) is 11.7 Å². The van der Waals surface area contributed by atoms with Crippen LogP contribution >= 0.6 is 0 Å². The summed E-state index contributed by atoms with van der Waals surface area (Å²) < 4.78 is 59.3. The molecular weight excluding hydrogens is 426 g/mol. The Morgan fingerprint density at radius 1 is 1.00 bits per heavy atom. The van der Waals surface area contributed by atoms with Crippen molar-refractivity contribution in [3.05, 3.63) is 60.6 Å². The fourth-order valence-corrected chi connectivity index (χ4v) is 5.00. The van der Waals surface area contributed by atoms with E-state index in [1.807, 2.05) is 0 Å². The fourth-order valence-electron chi connectivity index (χ4n) is 2.87. The Morgan fingerprint density at radius 2 is 1.67 bits per heavy atom. The SMILES string of the molecule is CN(C)S(=O)(=O)c1cccc(S(=O)(=O)Nc2ccc(-c3cnc(C4CC4)o3)cc2)c1. The monoisotopic (exact) mass is 447 g/mol. The predicted molar refractivity (Wildman–Crippen MR) is 112 cm³/mol. The Balaban J connectivity index is 1.54. The Kier molecular flexibility index (Phi) is 5.16. The van der Waals surface area contributed by atoms with Gasteiger partial charge in [0.2, 0.25) is 10.0 Å². The first-order chi connectivity index (χ1) is 14.2. The van der Waals surface area contributed by atoms with Crippen molar-refractivity contribution >= 4 is 25.7 Å². The van der Waals surface area contributed by atoms with Gasteiger partial charge in [-0.3, -0.25) is 4.72 Å². The molecule has 10 heteroatoms. The molecule has 1 saturated carbocycles. The molecule has 158 valence electrons. The van der Waals surface area contributed by atoms with E-state index >= 15 is 0 Å². The number of oxazole rings is 1. The number of rotatable bonds is 7. The van der Waals surface area contributed by atoms with Crippen molar-refractivity contribution in [2.45, 2.75) is 28.6 Å². The van der Waals surface area contributed by atoms with Gasteiger partial charge in [-0.15, -0.1) is 0 Å². The highest BCUT2D eigenvalue weighted by molar-refractivity contribution is 7.93. The van der Waals surface area contributed by atoms with Gasteiger partial charge >= 0.3 is 0 Å². The van der Waals surface area contributed by atoms with Crippen LogP contribution in [0, 0.1) is 0 Å². The number of aromatic nitrogens is 1. The molecule has 1 aromatic heterocycles. The average molecular weight is 448 g/mol. The summed E-state index contributed by atoms with van der Waals surface area (Å²) in [6.07, 6.45) is 3.86. The highest BCUT2D eigenvalue weighted by Crippen LogP contribution is 2.40. The van der Waals surface area contributed by atoms with Crippen molar-refractivity contribution in [2.75, 3.05) is 18.8 Å². The molecule has 0 spiro atoms. The molecule has 0 atom stereocenters. The number of benzene rings is 2. The van der Waals surface area contributed by atoms with Gasteiger partial charge in [-0.1, -0.05) is 6.07 Å². The van der Waals surface area contributed by atoms with Crippen LogP contribution in [0.3, 0.4) is 0 Å². The van der Waals surface area contributed by atoms with E-state index in [0.717, 1.165) is 34.7 Å². The van der Waals surface area contributed by atoms with Gasteiger partial charge in [0.1, 0.15) is 0 Å². The van der Waals surface area contributed by atoms with Gasteiger partial charge in [-0.25, -0.2) is 26.1 Å². The quantitative estimate of drug-likeness (QED) is 0.595. The molecule has 2 aromatic carbocycles. The highest BCUT2D eigenvalue weighted by Gasteiger charge is 2.28. The summed E-state index contributed by atoms with van der Waals surface area (Å²) in [5.41, 5.74) is 1.14. The largest absolute Gasteiger partial charge is 0.440 e. The zero-order valence-corrected chi connectivity index (χ0v) is 18.1. The van der Waals surface area contributed by atoms with Crippen molar-refractivity contribution in [1.82, 2.24) is 9.29 Å². The van der Waals surface area contributed by atoms with E-state index < -0.39 is 20.0 Å². The third kappa shape index (κ3) is 4.11. The van der Waals surface area contributed by atoms with Crippen molar-refractivity contribution in [2.24, 2.45) is 0 Å². The molecule has 30 heavy (non-hydrogen) atoms. The number of nitrogens with zero attached hydrogens (tertiary/aromatic N) is 2. The third-order valence-electron chi connectivity index (χ3n) is 4.77. The number of hydrogen-bond acceptors (Lipinski definition) is 6. The molecule has 1 aliphatic rings. The van der Waals surface area contributed by atoms with E-state index in [9.17, 15) is 16.8 Å². The molecule has 3 aromatic rings. The molecule has 0 aliphatic heterocycles. The smallest absolute Gasteiger partial charge is 0.261 e. The molecular formula is C20H21N3O5S2. The van der Waals surface area contributed by atoms with E-state index in [2.05, 4.69) is 9.71 Å². The summed E-state index contributed by atoms with van der Waals surface area (Å²) >= 11 is 0. The molecule has 1 heterocycles. The predicted octanol–water partition coefficient (Wildman–Crippen LogP) is 3.27. The minimum atomic E-state index is -3.97. The number of anilines is 1. The first kappa shape index (κ1) is 20.6. The van der Waals surface area contributed by atoms with Gasteiger partial charge in [-0.05, 0) is 55.3 Å². The second kappa shape index (κ2) is 7.53. The topological polar surface area (TPSA) is 110 Å². The maximum atomic E-state index is 12.7. The zero-order valence-electron chi connectivity index (χ0n) is 16.4. The third-order valence-corrected chi connectivity index (χ3v) is 7.96. The Hall–Kier alpha value is -2.69. The van der Waals surface area contributed by atoms with Crippen LogP contribution in [0.4, 0.5) is 5.69 Å². The highest BCUT2D eigenvalue weighted by atomic mass is 32.2. The summed E-state index contributed by atoms with van der Waals surface area (Å²) in [4.78, 5) is 4.05. The maximum Gasteiger partial charge on any atom is 0.261 e. The minimum absolute atomic E-state index is 0.0949. The van der Waals surface area contributed by atoms with Crippen LogP contribution in [0.2, 0.25) is 0 Å².